The number of halogens is 5. The van der Waals surface area contributed by atoms with Gasteiger partial charge in [-0.2, -0.15) is 0 Å². The summed E-state index contributed by atoms with van der Waals surface area (Å²) in [5, 5.41) is 9.15. The van der Waals surface area contributed by atoms with E-state index in [1.165, 1.54) is 0 Å². The van der Waals surface area contributed by atoms with Crippen LogP contribution in [0.4, 0.5) is 32.4 Å². The molecule has 0 aliphatic carbocycles. The second kappa shape index (κ2) is 3.71. The van der Waals surface area contributed by atoms with Crippen molar-refractivity contribution in [1.82, 2.24) is 0 Å². The quantitative estimate of drug-likeness (QED) is 0.440. The van der Waals surface area contributed by atoms with Gasteiger partial charge in [0.1, 0.15) is 5.69 Å². The smallest absolute Gasteiger partial charge is 0.409 e. The maximum Gasteiger partial charge on any atom is 0.409 e. The van der Waals surface area contributed by atoms with Gasteiger partial charge in [-0.15, -0.1) is 0 Å². The molecule has 0 fully saturated rings. The first kappa shape index (κ1) is 11.2. The third-order valence-electron chi connectivity index (χ3n) is 1.44. The number of amides is 1. The number of hydrogen-bond acceptors (Lipinski definition) is 1. The summed E-state index contributed by atoms with van der Waals surface area (Å²) in [6.07, 6.45) is -1.95. The van der Waals surface area contributed by atoms with Crippen molar-refractivity contribution in [2.24, 2.45) is 0 Å². The number of carboxylic acid groups (broad SMARTS) is 1. The summed E-state index contributed by atoms with van der Waals surface area (Å²) in [7, 11) is 0. The standard InChI is InChI=1S/C7H2F5NO2/c8-1-2(9)4(11)6(13-7(14)15)5(12)3(1)10/h13H,(H,14,15). The second-order valence-electron chi connectivity index (χ2n) is 2.38. The van der Waals surface area contributed by atoms with E-state index in [4.69, 9.17) is 5.11 Å². The Morgan fingerprint density at radius 1 is 0.867 bits per heavy atom. The van der Waals surface area contributed by atoms with E-state index in [1.807, 2.05) is 0 Å². The van der Waals surface area contributed by atoms with Gasteiger partial charge in [0.05, 0.1) is 0 Å². The van der Waals surface area contributed by atoms with Crippen LogP contribution < -0.4 is 5.32 Å². The Morgan fingerprint density at radius 3 is 1.53 bits per heavy atom. The van der Waals surface area contributed by atoms with Crippen molar-refractivity contribution in [3.63, 3.8) is 0 Å². The molecule has 1 aromatic carbocycles. The van der Waals surface area contributed by atoms with Crippen LogP contribution >= 0.6 is 0 Å². The van der Waals surface area contributed by atoms with Gasteiger partial charge in [-0.05, 0) is 0 Å². The van der Waals surface area contributed by atoms with Crippen LogP contribution in [0.2, 0.25) is 0 Å². The van der Waals surface area contributed by atoms with E-state index in [0.717, 1.165) is 5.32 Å². The van der Waals surface area contributed by atoms with E-state index in [9.17, 15) is 26.7 Å². The molecular formula is C7H2F5NO2. The SMILES string of the molecule is O=C(O)Nc1c(F)c(F)c(F)c(F)c1F. The van der Waals surface area contributed by atoms with E-state index in [1.54, 1.807) is 0 Å². The molecule has 0 aliphatic rings. The maximum absolute atomic E-state index is 12.7. The molecule has 82 valence electrons. The molecule has 0 saturated carbocycles. The highest BCUT2D eigenvalue weighted by Gasteiger charge is 2.26. The monoisotopic (exact) mass is 227 g/mol. The van der Waals surface area contributed by atoms with Gasteiger partial charge in [0, 0.05) is 0 Å². The van der Waals surface area contributed by atoms with Crippen LogP contribution in [-0.4, -0.2) is 11.2 Å². The fraction of sp³-hybridized carbons (Fsp3) is 0. The largest absolute Gasteiger partial charge is 0.465 e. The average molecular weight is 227 g/mol. The molecule has 0 saturated heterocycles. The summed E-state index contributed by atoms with van der Waals surface area (Å²) in [6, 6.07) is 0. The molecule has 15 heavy (non-hydrogen) atoms. The van der Waals surface area contributed by atoms with Crippen molar-refractivity contribution >= 4 is 11.8 Å². The first-order chi connectivity index (χ1) is 6.86. The van der Waals surface area contributed by atoms with Crippen LogP contribution in [0.15, 0.2) is 0 Å². The number of anilines is 1. The van der Waals surface area contributed by atoms with Crippen molar-refractivity contribution in [1.29, 1.82) is 0 Å². The second-order valence-corrected chi connectivity index (χ2v) is 2.38. The maximum atomic E-state index is 12.7. The lowest BCUT2D eigenvalue weighted by Gasteiger charge is -2.06. The van der Waals surface area contributed by atoms with Gasteiger partial charge < -0.3 is 5.11 Å². The Kier molecular flexibility index (Phi) is 2.78. The number of rotatable bonds is 1. The van der Waals surface area contributed by atoms with E-state index < -0.39 is 40.9 Å². The zero-order chi connectivity index (χ0) is 11.7. The van der Waals surface area contributed by atoms with Crippen molar-refractivity contribution < 1.29 is 31.9 Å². The fourth-order valence-electron chi connectivity index (χ4n) is 0.822. The molecule has 1 aromatic rings. The Bertz CT molecular complexity index is 405. The van der Waals surface area contributed by atoms with Gasteiger partial charge in [-0.3, -0.25) is 5.32 Å². The Labute approximate surface area is 79.1 Å². The highest BCUT2D eigenvalue weighted by molar-refractivity contribution is 5.83. The number of nitrogens with one attached hydrogen (secondary N) is 1. The summed E-state index contributed by atoms with van der Waals surface area (Å²) in [4.78, 5) is 10.00. The lowest BCUT2D eigenvalue weighted by molar-refractivity contribution is 0.209. The van der Waals surface area contributed by atoms with Crippen LogP contribution in [0.25, 0.3) is 0 Å². The predicted molar refractivity (Wildman–Crippen MR) is 37.9 cm³/mol. The molecule has 1 amide bonds. The molecule has 0 aliphatic heterocycles. The predicted octanol–water partition coefficient (Wildman–Crippen LogP) is 2.47. The minimum absolute atomic E-state index is 1.07. The molecule has 0 bridgehead atoms. The Morgan fingerprint density at radius 2 is 1.20 bits per heavy atom. The van der Waals surface area contributed by atoms with Gasteiger partial charge in [0.15, 0.2) is 23.3 Å². The third kappa shape index (κ3) is 1.83. The number of hydrogen-bond donors (Lipinski definition) is 2. The number of benzene rings is 1. The summed E-state index contributed by atoms with van der Waals surface area (Å²) >= 11 is 0. The van der Waals surface area contributed by atoms with Gasteiger partial charge in [-0.25, -0.2) is 26.7 Å². The molecule has 0 unspecified atom stereocenters. The molecule has 2 N–H and O–H groups in total. The Hall–Kier alpha value is -1.86. The molecule has 0 aromatic heterocycles. The summed E-state index contributed by atoms with van der Waals surface area (Å²) in [5.41, 5.74) is -1.60. The summed E-state index contributed by atoms with van der Waals surface area (Å²) in [5.74, 6) is -11.2. The van der Waals surface area contributed by atoms with Crippen LogP contribution in [0, 0.1) is 29.1 Å². The first-order valence-corrected chi connectivity index (χ1v) is 3.37. The third-order valence-corrected chi connectivity index (χ3v) is 1.44. The van der Waals surface area contributed by atoms with E-state index in [0.29, 0.717) is 0 Å². The molecule has 0 radical (unpaired) electrons. The molecular weight excluding hydrogens is 225 g/mol. The van der Waals surface area contributed by atoms with Crippen LogP contribution in [0.3, 0.4) is 0 Å². The lowest BCUT2D eigenvalue weighted by atomic mass is 10.2. The van der Waals surface area contributed by atoms with Gasteiger partial charge >= 0.3 is 6.09 Å². The average Bonchev–Trinajstić information content (AvgIpc) is 2.18. The van der Waals surface area contributed by atoms with Crippen LogP contribution in [-0.2, 0) is 0 Å². The molecule has 0 spiro atoms. The number of carbonyl (C=O) groups is 1. The first-order valence-electron chi connectivity index (χ1n) is 3.37. The van der Waals surface area contributed by atoms with Crippen molar-refractivity contribution in [3.05, 3.63) is 29.1 Å². The molecule has 1 rings (SSSR count). The van der Waals surface area contributed by atoms with Crippen LogP contribution in [0.1, 0.15) is 0 Å². The molecule has 3 nitrogen and oxygen atoms in total. The van der Waals surface area contributed by atoms with Crippen molar-refractivity contribution in [2.75, 3.05) is 5.32 Å². The normalized spacial score (nSPS) is 10.2. The summed E-state index contributed by atoms with van der Waals surface area (Å²) in [6.45, 7) is 0. The zero-order valence-electron chi connectivity index (χ0n) is 6.75. The Balaban J connectivity index is 3.45. The van der Waals surface area contributed by atoms with Gasteiger partial charge in [0.25, 0.3) is 0 Å². The van der Waals surface area contributed by atoms with E-state index in [2.05, 4.69) is 0 Å². The zero-order valence-corrected chi connectivity index (χ0v) is 6.75. The van der Waals surface area contributed by atoms with E-state index in [-0.39, 0.29) is 0 Å². The minimum Gasteiger partial charge on any atom is -0.465 e. The molecule has 8 heteroatoms. The molecule has 0 atom stereocenters. The molecule has 0 heterocycles. The van der Waals surface area contributed by atoms with Crippen molar-refractivity contribution in [2.45, 2.75) is 0 Å². The van der Waals surface area contributed by atoms with E-state index >= 15 is 0 Å². The highest BCUT2D eigenvalue weighted by Crippen LogP contribution is 2.26. The fourth-order valence-corrected chi connectivity index (χ4v) is 0.822. The van der Waals surface area contributed by atoms with Gasteiger partial charge in [-0.1, -0.05) is 0 Å². The minimum atomic E-state index is -2.35. The lowest BCUT2D eigenvalue weighted by Crippen LogP contribution is -2.14. The van der Waals surface area contributed by atoms with Crippen LogP contribution in [0.5, 0.6) is 0 Å². The van der Waals surface area contributed by atoms with Crippen molar-refractivity contribution in [3.8, 4) is 0 Å². The van der Waals surface area contributed by atoms with Gasteiger partial charge in [0.2, 0.25) is 5.82 Å². The highest BCUT2D eigenvalue weighted by atomic mass is 19.2. The topological polar surface area (TPSA) is 49.3 Å². The summed E-state index contributed by atoms with van der Waals surface area (Å²) < 4.78 is 62.8.